The molecule has 10 heavy (non-hydrogen) atoms. The molecule has 1 atom stereocenters. The highest BCUT2D eigenvalue weighted by atomic mass is 16.3. The van der Waals surface area contributed by atoms with E-state index >= 15 is 0 Å². The van der Waals surface area contributed by atoms with Crippen molar-refractivity contribution >= 4 is 0 Å². The molecule has 0 bridgehead atoms. The largest absolute Gasteiger partial charge is 0.392 e. The Kier molecular flexibility index (Phi) is 3.41. The van der Waals surface area contributed by atoms with Gasteiger partial charge >= 0.3 is 0 Å². The molecule has 0 spiro atoms. The summed E-state index contributed by atoms with van der Waals surface area (Å²) in [5.74, 6) is 2.57. The van der Waals surface area contributed by atoms with Crippen molar-refractivity contribution in [1.82, 2.24) is 5.32 Å². The van der Waals surface area contributed by atoms with E-state index in [1.807, 2.05) is 13.8 Å². The van der Waals surface area contributed by atoms with E-state index in [-0.39, 0.29) is 11.6 Å². The molecule has 2 nitrogen and oxygen atoms in total. The monoisotopic (exact) mass is 141 g/mol. The molecule has 2 heteroatoms. The van der Waals surface area contributed by atoms with Crippen LogP contribution in [0.5, 0.6) is 0 Å². The van der Waals surface area contributed by atoms with E-state index in [0.29, 0.717) is 6.54 Å². The zero-order valence-electron chi connectivity index (χ0n) is 6.81. The summed E-state index contributed by atoms with van der Waals surface area (Å²) in [6, 6.07) is 0. The van der Waals surface area contributed by atoms with Crippen molar-refractivity contribution < 1.29 is 5.11 Å². The minimum Gasteiger partial charge on any atom is -0.392 e. The average Bonchev–Trinajstić information content (AvgIpc) is 1.85. The quantitative estimate of drug-likeness (QED) is 0.556. The molecule has 0 aromatic rings. The first-order valence-corrected chi connectivity index (χ1v) is 3.39. The minimum atomic E-state index is -0.340. The van der Waals surface area contributed by atoms with Crippen LogP contribution >= 0.6 is 0 Å². The van der Waals surface area contributed by atoms with Gasteiger partial charge in [0, 0.05) is 6.54 Å². The molecule has 0 aromatic carbocycles. The number of aliphatic hydroxyl groups is 1. The van der Waals surface area contributed by atoms with Crippen LogP contribution in [0.3, 0.4) is 0 Å². The first kappa shape index (κ1) is 9.48. The molecule has 0 saturated carbocycles. The van der Waals surface area contributed by atoms with E-state index in [9.17, 15) is 0 Å². The highest BCUT2D eigenvalue weighted by Crippen LogP contribution is 1.97. The second-order valence-electron chi connectivity index (χ2n) is 3.00. The smallest absolute Gasteiger partial charge is 0.0742 e. The van der Waals surface area contributed by atoms with E-state index in [2.05, 4.69) is 11.2 Å². The van der Waals surface area contributed by atoms with Crippen LogP contribution in [0.2, 0.25) is 0 Å². The lowest BCUT2D eigenvalue weighted by molar-refractivity contribution is 0.183. The Morgan fingerprint density at radius 3 is 2.50 bits per heavy atom. The molecule has 0 radical (unpaired) electrons. The average molecular weight is 141 g/mol. The Morgan fingerprint density at radius 1 is 1.70 bits per heavy atom. The fourth-order valence-electron chi connectivity index (χ4n) is 0.454. The summed E-state index contributed by atoms with van der Waals surface area (Å²) in [7, 11) is 0. The third-order valence-corrected chi connectivity index (χ3v) is 1.20. The van der Waals surface area contributed by atoms with Gasteiger partial charge in [0.15, 0.2) is 0 Å². The molecule has 0 aliphatic carbocycles. The molecule has 0 fully saturated rings. The van der Waals surface area contributed by atoms with Gasteiger partial charge in [0.1, 0.15) is 0 Å². The summed E-state index contributed by atoms with van der Waals surface area (Å²) in [5, 5.41) is 11.9. The number of nitrogens with one attached hydrogen (secondary N) is 1. The van der Waals surface area contributed by atoms with Gasteiger partial charge in [-0.2, -0.15) is 0 Å². The maximum Gasteiger partial charge on any atom is 0.0742 e. The lowest BCUT2D eigenvalue weighted by Crippen LogP contribution is -2.41. The van der Waals surface area contributed by atoms with Gasteiger partial charge in [-0.25, -0.2) is 0 Å². The van der Waals surface area contributed by atoms with Gasteiger partial charge in [-0.05, 0) is 20.8 Å². The van der Waals surface area contributed by atoms with Crippen LogP contribution in [-0.2, 0) is 0 Å². The van der Waals surface area contributed by atoms with Crippen molar-refractivity contribution in [2.45, 2.75) is 32.4 Å². The van der Waals surface area contributed by atoms with Gasteiger partial charge in [-0.15, -0.1) is 6.42 Å². The van der Waals surface area contributed by atoms with Gasteiger partial charge in [0.05, 0.1) is 11.6 Å². The van der Waals surface area contributed by atoms with Crippen molar-refractivity contribution in [1.29, 1.82) is 0 Å². The van der Waals surface area contributed by atoms with Crippen LogP contribution in [0.4, 0.5) is 0 Å². The number of hydrogen-bond acceptors (Lipinski definition) is 2. The van der Waals surface area contributed by atoms with Crippen LogP contribution in [0.15, 0.2) is 0 Å². The second kappa shape index (κ2) is 3.60. The zero-order valence-corrected chi connectivity index (χ0v) is 6.81. The Balaban J connectivity index is 3.60. The molecular weight excluding hydrogens is 126 g/mol. The van der Waals surface area contributed by atoms with Crippen molar-refractivity contribution in [3.05, 3.63) is 0 Å². The van der Waals surface area contributed by atoms with E-state index in [0.717, 1.165) is 0 Å². The third-order valence-electron chi connectivity index (χ3n) is 1.20. The highest BCUT2D eigenvalue weighted by molar-refractivity contribution is 5.07. The lowest BCUT2D eigenvalue weighted by Gasteiger charge is -2.20. The van der Waals surface area contributed by atoms with E-state index in [1.165, 1.54) is 0 Å². The van der Waals surface area contributed by atoms with Crippen molar-refractivity contribution in [2.75, 3.05) is 6.54 Å². The summed E-state index contributed by atoms with van der Waals surface area (Å²) < 4.78 is 0. The summed E-state index contributed by atoms with van der Waals surface area (Å²) in [6.45, 7) is 6.06. The lowest BCUT2D eigenvalue weighted by atomic mass is 10.1. The highest BCUT2D eigenvalue weighted by Gasteiger charge is 2.12. The topological polar surface area (TPSA) is 32.3 Å². The number of β-amino-alcohol motifs (C(OH)–C–C–N with tert-alkyl or cyclic N) is 1. The molecule has 58 valence electrons. The summed E-state index contributed by atoms with van der Waals surface area (Å²) in [4.78, 5) is 0. The first-order valence-electron chi connectivity index (χ1n) is 3.39. The van der Waals surface area contributed by atoms with Crippen LogP contribution in [0.1, 0.15) is 20.8 Å². The fourth-order valence-corrected chi connectivity index (χ4v) is 0.454. The summed E-state index contributed by atoms with van der Waals surface area (Å²) in [5.41, 5.74) is -0.309. The normalized spacial score (nSPS) is 14.3. The Bertz CT molecular complexity index is 133. The van der Waals surface area contributed by atoms with Crippen LogP contribution in [0.25, 0.3) is 0 Å². The van der Waals surface area contributed by atoms with Gasteiger partial charge in [0.25, 0.3) is 0 Å². The molecule has 0 rings (SSSR count). The number of hydrogen-bond donors (Lipinski definition) is 2. The standard InChI is InChI=1S/C8H15NO/c1-5-8(3,4)9-6-7(2)10/h1,7,9-10H,6H2,2-4H3. The molecule has 0 saturated heterocycles. The fraction of sp³-hybridized carbons (Fsp3) is 0.750. The van der Waals surface area contributed by atoms with Gasteiger partial charge in [-0.1, -0.05) is 5.92 Å². The Labute approximate surface area is 62.6 Å². The molecule has 2 N–H and O–H groups in total. The zero-order chi connectivity index (χ0) is 8.20. The molecule has 1 unspecified atom stereocenters. The van der Waals surface area contributed by atoms with E-state index < -0.39 is 0 Å². The van der Waals surface area contributed by atoms with E-state index in [1.54, 1.807) is 6.92 Å². The molecule has 0 aliphatic rings. The van der Waals surface area contributed by atoms with E-state index in [4.69, 9.17) is 11.5 Å². The van der Waals surface area contributed by atoms with Crippen molar-refractivity contribution in [3.63, 3.8) is 0 Å². The maximum absolute atomic E-state index is 8.88. The minimum absolute atomic E-state index is 0.309. The first-order chi connectivity index (χ1) is 4.48. The number of terminal acetylenes is 1. The van der Waals surface area contributed by atoms with Crippen LogP contribution in [-0.4, -0.2) is 23.3 Å². The van der Waals surface area contributed by atoms with Gasteiger partial charge in [-0.3, -0.25) is 5.32 Å². The number of rotatable bonds is 3. The summed E-state index contributed by atoms with van der Waals surface area (Å²) in [6.07, 6.45) is 4.86. The Morgan fingerprint density at radius 2 is 2.20 bits per heavy atom. The maximum atomic E-state index is 8.88. The molecule has 0 amide bonds. The number of aliphatic hydroxyl groups excluding tert-OH is 1. The second-order valence-corrected chi connectivity index (χ2v) is 3.00. The van der Waals surface area contributed by atoms with Gasteiger partial charge in [0.2, 0.25) is 0 Å². The molecular formula is C8H15NO. The Hall–Kier alpha value is -0.520. The van der Waals surface area contributed by atoms with Crippen molar-refractivity contribution in [3.8, 4) is 12.3 Å². The summed E-state index contributed by atoms with van der Waals surface area (Å²) >= 11 is 0. The molecule has 0 aliphatic heterocycles. The van der Waals surface area contributed by atoms with Crippen LogP contribution in [0, 0.1) is 12.3 Å². The predicted octanol–water partition coefficient (Wildman–Crippen LogP) is 0.369. The van der Waals surface area contributed by atoms with Gasteiger partial charge < -0.3 is 5.11 Å². The van der Waals surface area contributed by atoms with Crippen LogP contribution < -0.4 is 5.32 Å². The van der Waals surface area contributed by atoms with Crippen molar-refractivity contribution in [2.24, 2.45) is 0 Å². The predicted molar refractivity (Wildman–Crippen MR) is 42.6 cm³/mol. The third kappa shape index (κ3) is 4.37. The molecule has 0 aromatic heterocycles. The molecule has 0 heterocycles. The SMILES string of the molecule is C#CC(C)(C)NCC(C)O.